The summed E-state index contributed by atoms with van der Waals surface area (Å²) in [6.45, 7) is 12.2. The second kappa shape index (κ2) is 11.8. The van der Waals surface area contributed by atoms with E-state index in [1.54, 1.807) is 47.2 Å². The Morgan fingerprint density at radius 3 is 2.56 bits per heavy atom. The first kappa shape index (κ1) is 31.1. The maximum absolute atomic E-state index is 14.1. The number of aryl methyl sites for hydroxylation is 1. The molecule has 0 saturated carbocycles. The first-order chi connectivity index (χ1) is 19.1. The summed E-state index contributed by atoms with van der Waals surface area (Å²) in [5.41, 5.74) is -0.759. The average Bonchev–Trinajstić information content (AvgIpc) is 3.41. The number of aliphatic hydroxyl groups excluding tert-OH is 1. The molecule has 2 aromatic heterocycles. The number of carbonyl (C=O) groups is 1. The number of fused-ring (bicyclic) bond motifs is 1. The Morgan fingerprint density at radius 2 is 1.90 bits per heavy atom. The Hall–Kier alpha value is -2.86. The van der Waals surface area contributed by atoms with Crippen LogP contribution >= 0.6 is 7.75 Å². The standard InChI is InChI=1S/C28H39N4O8P/c1-17-21-13-14-32(24(21)30-16-29-17)26-28(7,35)23(33)22(38-26)19(3)39-41(36,40-20-11-9-8-10-12-20)31-18(2)25(34)37-15-27(4,5)6/h8-14,16,18-19,22-23,26,33,35H,15H2,1-7H3,(H,31,36)/t18-,19?,22+,23+,26+,28+,41?/m0/s1. The van der Waals surface area contributed by atoms with E-state index in [0.29, 0.717) is 5.65 Å². The molecule has 12 nitrogen and oxygen atoms in total. The third-order valence-corrected chi connectivity index (χ3v) is 8.51. The topological polar surface area (TPSA) is 154 Å². The van der Waals surface area contributed by atoms with Gasteiger partial charge >= 0.3 is 13.7 Å². The van der Waals surface area contributed by atoms with Gasteiger partial charge in [0.1, 0.15) is 41.6 Å². The zero-order valence-electron chi connectivity index (χ0n) is 24.3. The van der Waals surface area contributed by atoms with Gasteiger partial charge < -0.3 is 28.8 Å². The molecule has 1 aliphatic rings. The van der Waals surface area contributed by atoms with Gasteiger partial charge in [0, 0.05) is 11.6 Å². The number of hydrogen-bond acceptors (Lipinski definition) is 10. The van der Waals surface area contributed by atoms with Crippen molar-refractivity contribution in [3.8, 4) is 5.75 Å². The van der Waals surface area contributed by atoms with Crippen molar-refractivity contribution in [2.45, 2.75) is 84.6 Å². The lowest BCUT2D eigenvalue weighted by molar-refractivity contribution is -0.148. The summed E-state index contributed by atoms with van der Waals surface area (Å²) < 4.78 is 38.9. The van der Waals surface area contributed by atoms with Gasteiger partial charge in [-0.05, 0) is 51.3 Å². The molecular weight excluding hydrogens is 551 g/mol. The van der Waals surface area contributed by atoms with E-state index in [1.165, 1.54) is 27.1 Å². The molecule has 1 aromatic carbocycles. The molecule has 0 amide bonds. The predicted molar refractivity (Wildman–Crippen MR) is 151 cm³/mol. The van der Waals surface area contributed by atoms with Crippen LogP contribution in [-0.2, 0) is 23.4 Å². The van der Waals surface area contributed by atoms with Gasteiger partial charge in [-0.3, -0.25) is 9.32 Å². The molecule has 7 atom stereocenters. The molecule has 2 unspecified atom stereocenters. The fourth-order valence-electron chi connectivity index (χ4n) is 4.52. The van der Waals surface area contributed by atoms with E-state index >= 15 is 0 Å². The fraction of sp³-hybridized carbons (Fsp3) is 0.536. The van der Waals surface area contributed by atoms with Crippen molar-refractivity contribution in [2.75, 3.05) is 6.61 Å². The van der Waals surface area contributed by atoms with Gasteiger partial charge in [-0.25, -0.2) is 14.5 Å². The van der Waals surface area contributed by atoms with Crippen molar-refractivity contribution in [3.63, 3.8) is 0 Å². The quantitative estimate of drug-likeness (QED) is 0.233. The maximum Gasteiger partial charge on any atom is 0.459 e. The predicted octanol–water partition coefficient (Wildman–Crippen LogP) is 3.91. The number of aliphatic hydroxyl groups is 2. The normalized spacial score (nSPS) is 25.9. The SMILES string of the molecule is Cc1ncnc2c1ccn2[C@@H]1O[C@H](C(C)OP(=O)(N[C@@H](C)C(=O)OCC(C)(C)C)Oc2ccccc2)[C@@H](O)[C@@]1(C)O. The smallest absolute Gasteiger partial charge is 0.459 e. The number of para-hydroxylation sites is 1. The summed E-state index contributed by atoms with van der Waals surface area (Å²) in [6, 6.07) is 9.09. The average molecular weight is 591 g/mol. The van der Waals surface area contributed by atoms with Crippen LogP contribution in [0, 0.1) is 12.3 Å². The lowest BCUT2D eigenvalue weighted by Crippen LogP contribution is -2.46. The van der Waals surface area contributed by atoms with Gasteiger partial charge in [-0.2, -0.15) is 5.09 Å². The van der Waals surface area contributed by atoms with Crippen molar-refractivity contribution < 1.29 is 38.1 Å². The zero-order valence-corrected chi connectivity index (χ0v) is 25.2. The number of nitrogens with one attached hydrogen (secondary N) is 1. The lowest BCUT2D eigenvalue weighted by atomic mass is 9.94. The molecule has 3 N–H and O–H groups in total. The second-order valence-corrected chi connectivity index (χ2v) is 13.4. The molecule has 41 heavy (non-hydrogen) atoms. The highest BCUT2D eigenvalue weighted by molar-refractivity contribution is 7.52. The van der Waals surface area contributed by atoms with E-state index in [4.69, 9.17) is 18.5 Å². The van der Waals surface area contributed by atoms with Crippen molar-refractivity contribution in [2.24, 2.45) is 5.41 Å². The minimum Gasteiger partial charge on any atom is -0.464 e. The van der Waals surface area contributed by atoms with E-state index < -0.39 is 49.9 Å². The van der Waals surface area contributed by atoms with E-state index in [2.05, 4.69) is 15.1 Å². The summed E-state index contributed by atoms with van der Waals surface area (Å²) in [5.74, 6) is -0.401. The van der Waals surface area contributed by atoms with Crippen molar-refractivity contribution >= 4 is 24.7 Å². The van der Waals surface area contributed by atoms with Crippen molar-refractivity contribution in [3.05, 3.63) is 54.6 Å². The van der Waals surface area contributed by atoms with Gasteiger partial charge in [0.2, 0.25) is 0 Å². The molecule has 0 spiro atoms. The molecule has 224 valence electrons. The van der Waals surface area contributed by atoms with Crippen LogP contribution in [0.4, 0.5) is 0 Å². The van der Waals surface area contributed by atoms with Gasteiger partial charge in [0.15, 0.2) is 6.23 Å². The van der Waals surface area contributed by atoms with Gasteiger partial charge in [0.25, 0.3) is 0 Å². The molecule has 1 aliphatic heterocycles. The Morgan fingerprint density at radius 1 is 1.22 bits per heavy atom. The summed E-state index contributed by atoms with van der Waals surface area (Å²) in [5, 5.41) is 25.9. The van der Waals surface area contributed by atoms with Crippen LogP contribution in [-0.4, -0.2) is 67.3 Å². The third kappa shape index (κ3) is 6.97. The Balaban J connectivity index is 1.56. The minimum absolute atomic E-state index is 0.163. The van der Waals surface area contributed by atoms with Crippen LogP contribution in [0.15, 0.2) is 48.9 Å². The summed E-state index contributed by atoms with van der Waals surface area (Å²) >= 11 is 0. The Bertz CT molecular complexity index is 1410. The zero-order chi connectivity index (χ0) is 30.2. The molecule has 1 saturated heterocycles. The Kier molecular flexibility index (Phi) is 8.94. The number of carbonyl (C=O) groups excluding carboxylic acids is 1. The largest absolute Gasteiger partial charge is 0.464 e. The van der Waals surface area contributed by atoms with E-state index in [9.17, 15) is 19.6 Å². The van der Waals surface area contributed by atoms with Gasteiger partial charge in [-0.1, -0.05) is 39.0 Å². The molecule has 3 aromatic rings. The highest BCUT2D eigenvalue weighted by Gasteiger charge is 2.56. The van der Waals surface area contributed by atoms with Crippen molar-refractivity contribution in [1.82, 2.24) is 19.6 Å². The maximum atomic E-state index is 14.1. The first-order valence-corrected chi connectivity index (χ1v) is 15.0. The number of hydrogen-bond donors (Lipinski definition) is 3. The van der Waals surface area contributed by atoms with Crippen LogP contribution in [0.1, 0.15) is 53.5 Å². The molecular formula is C28H39N4O8P. The molecule has 1 fully saturated rings. The third-order valence-electron chi connectivity index (χ3n) is 6.75. The number of esters is 1. The lowest BCUT2D eigenvalue weighted by Gasteiger charge is -2.30. The monoisotopic (exact) mass is 590 g/mol. The van der Waals surface area contributed by atoms with E-state index in [0.717, 1.165) is 11.1 Å². The van der Waals surface area contributed by atoms with E-state index in [1.807, 2.05) is 27.7 Å². The minimum atomic E-state index is -4.27. The highest BCUT2D eigenvalue weighted by atomic mass is 31.2. The number of rotatable bonds is 10. The van der Waals surface area contributed by atoms with Crippen molar-refractivity contribution in [1.29, 1.82) is 0 Å². The number of benzene rings is 1. The molecule has 3 heterocycles. The molecule has 13 heteroatoms. The fourth-order valence-corrected chi connectivity index (χ4v) is 6.21. The highest BCUT2D eigenvalue weighted by Crippen LogP contribution is 2.49. The van der Waals surface area contributed by atoms with Gasteiger partial charge in [-0.15, -0.1) is 0 Å². The van der Waals surface area contributed by atoms with Crippen LogP contribution < -0.4 is 9.61 Å². The molecule has 4 rings (SSSR count). The van der Waals surface area contributed by atoms with Gasteiger partial charge in [0.05, 0.1) is 18.4 Å². The number of aromatic nitrogens is 3. The second-order valence-electron chi connectivity index (χ2n) is 11.8. The summed E-state index contributed by atoms with van der Waals surface area (Å²) in [7, 11) is -4.27. The number of ether oxygens (including phenoxy) is 2. The van der Waals surface area contributed by atoms with Crippen LogP contribution in [0.5, 0.6) is 5.75 Å². The summed E-state index contributed by atoms with van der Waals surface area (Å²) in [4.78, 5) is 21.2. The molecule has 0 radical (unpaired) electrons. The van der Waals surface area contributed by atoms with Crippen LogP contribution in [0.2, 0.25) is 0 Å². The van der Waals surface area contributed by atoms with Crippen LogP contribution in [0.3, 0.4) is 0 Å². The summed E-state index contributed by atoms with van der Waals surface area (Å²) in [6.07, 6.45) is -1.58. The van der Waals surface area contributed by atoms with Crippen LogP contribution in [0.25, 0.3) is 11.0 Å². The Labute approximate surface area is 239 Å². The number of nitrogens with zero attached hydrogens (tertiary/aromatic N) is 3. The molecule has 0 bridgehead atoms. The molecule has 0 aliphatic carbocycles. The first-order valence-electron chi connectivity index (χ1n) is 13.4. The van der Waals surface area contributed by atoms with E-state index in [-0.39, 0.29) is 17.8 Å².